The van der Waals surface area contributed by atoms with Crippen molar-refractivity contribution in [2.24, 2.45) is 0 Å². The van der Waals surface area contributed by atoms with Gasteiger partial charge in [-0.1, -0.05) is 17.7 Å². The van der Waals surface area contributed by atoms with Gasteiger partial charge in [0.2, 0.25) is 0 Å². The Kier molecular flexibility index (Phi) is 5.78. The van der Waals surface area contributed by atoms with E-state index in [0.29, 0.717) is 16.3 Å². The number of nitrogens with one attached hydrogen (secondary N) is 2. The molecule has 2 heterocycles. The van der Waals surface area contributed by atoms with Crippen LogP contribution in [0.2, 0.25) is 5.02 Å². The maximum absolute atomic E-state index is 12.5. The third-order valence-corrected chi connectivity index (χ3v) is 4.08. The molecule has 0 radical (unpaired) electrons. The van der Waals surface area contributed by atoms with E-state index in [1.165, 1.54) is 12.3 Å². The summed E-state index contributed by atoms with van der Waals surface area (Å²) in [6.07, 6.45) is 3.09. The third kappa shape index (κ3) is 4.89. The van der Waals surface area contributed by atoms with E-state index in [-0.39, 0.29) is 24.1 Å². The molecular weight excluding hydrogens is 364 g/mol. The molecule has 0 bridgehead atoms. The third-order valence-electron chi connectivity index (χ3n) is 3.85. The fourth-order valence-corrected chi connectivity index (χ4v) is 2.65. The molecule has 0 saturated carbocycles. The summed E-state index contributed by atoms with van der Waals surface area (Å²) >= 11 is 5.93. The first kappa shape index (κ1) is 18.5. The summed E-state index contributed by atoms with van der Waals surface area (Å²) in [5.74, 6) is -0.709. The molecule has 0 aliphatic heterocycles. The number of nitrogens with zero attached hydrogens (tertiary/aromatic N) is 2. The molecule has 2 N–H and O–H groups in total. The minimum absolute atomic E-state index is 0.159. The fourth-order valence-electron chi connectivity index (χ4n) is 2.42. The first-order valence-electron chi connectivity index (χ1n) is 8.24. The smallest absolute Gasteiger partial charge is 0.270 e. The van der Waals surface area contributed by atoms with Crippen LogP contribution < -0.4 is 10.6 Å². The van der Waals surface area contributed by atoms with Crippen LogP contribution >= 0.6 is 11.6 Å². The van der Waals surface area contributed by atoms with Crippen molar-refractivity contribution in [1.82, 2.24) is 15.3 Å². The van der Waals surface area contributed by atoms with Gasteiger partial charge in [-0.2, -0.15) is 0 Å². The largest absolute Gasteiger partial charge is 0.345 e. The van der Waals surface area contributed by atoms with Crippen molar-refractivity contribution in [2.45, 2.75) is 13.5 Å². The molecule has 6 nitrogen and oxygen atoms in total. The molecular formula is C20H17ClN4O2. The zero-order valence-electron chi connectivity index (χ0n) is 14.6. The molecule has 0 aliphatic carbocycles. The van der Waals surface area contributed by atoms with Gasteiger partial charge in [0.25, 0.3) is 11.8 Å². The Morgan fingerprint density at radius 2 is 1.85 bits per heavy atom. The Bertz CT molecular complexity index is 977. The van der Waals surface area contributed by atoms with Crippen molar-refractivity contribution >= 4 is 29.1 Å². The molecule has 2 amide bonds. The zero-order valence-corrected chi connectivity index (χ0v) is 15.3. The van der Waals surface area contributed by atoms with Crippen molar-refractivity contribution in [1.29, 1.82) is 0 Å². The zero-order chi connectivity index (χ0) is 19.2. The second-order valence-electron chi connectivity index (χ2n) is 5.85. The van der Waals surface area contributed by atoms with Crippen LogP contribution in [0.1, 0.15) is 32.1 Å². The maximum Gasteiger partial charge on any atom is 0.270 e. The molecule has 7 heteroatoms. The van der Waals surface area contributed by atoms with Gasteiger partial charge in [-0.25, -0.2) is 0 Å². The summed E-state index contributed by atoms with van der Waals surface area (Å²) in [7, 11) is 0. The topological polar surface area (TPSA) is 84.0 Å². The van der Waals surface area contributed by atoms with Crippen molar-refractivity contribution in [3.05, 3.63) is 88.5 Å². The molecule has 27 heavy (non-hydrogen) atoms. The van der Waals surface area contributed by atoms with Crippen molar-refractivity contribution < 1.29 is 9.59 Å². The van der Waals surface area contributed by atoms with Gasteiger partial charge >= 0.3 is 0 Å². The summed E-state index contributed by atoms with van der Waals surface area (Å²) < 4.78 is 0. The normalized spacial score (nSPS) is 10.3. The van der Waals surface area contributed by atoms with Crippen molar-refractivity contribution in [2.75, 3.05) is 5.32 Å². The number of amides is 2. The molecule has 0 aliphatic rings. The Morgan fingerprint density at radius 3 is 2.59 bits per heavy atom. The lowest BCUT2D eigenvalue weighted by molar-refractivity contribution is 0.0945. The number of halogens is 1. The lowest BCUT2D eigenvalue weighted by atomic mass is 10.1. The highest BCUT2D eigenvalue weighted by molar-refractivity contribution is 6.30. The maximum atomic E-state index is 12.5. The molecule has 3 aromatic rings. The number of aryl methyl sites for hydroxylation is 1. The first-order chi connectivity index (χ1) is 13.0. The fraction of sp³-hybridized carbons (Fsp3) is 0.100. The van der Waals surface area contributed by atoms with E-state index < -0.39 is 0 Å². The number of carbonyl (C=O) groups is 2. The Hall–Kier alpha value is -3.25. The van der Waals surface area contributed by atoms with Crippen LogP contribution in [0, 0.1) is 6.92 Å². The van der Waals surface area contributed by atoms with Crippen LogP contribution in [0.3, 0.4) is 0 Å². The molecule has 0 spiro atoms. The Labute approximate surface area is 161 Å². The van der Waals surface area contributed by atoms with Crippen LogP contribution in [0.5, 0.6) is 0 Å². The second-order valence-corrected chi connectivity index (χ2v) is 6.28. The van der Waals surface area contributed by atoms with Gasteiger partial charge in [0.05, 0.1) is 12.2 Å². The van der Waals surface area contributed by atoms with E-state index in [1.807, 2.05) is 19.1 Å². The molecule has 0 atom stereocenters. The van der Waals surface area contributed by atoms with Gasteiger partial charge in [-0.15, -0.1) is 0 Å². The Morgan fingerprint density at radius 1 is 1.00 bits per heavy atom. The van der Waals surface area contributed by atoms with Gasteiger partial charge in [-0.05, 0) is 55.0 Å². The monoisotopic (exact) mass is 380 g/mol. The number of benzene rings is 1. The summed E-state index contributed by atoms with van der Waals surface area (Å²) in [6, 6.07) is 13.7. The van der Waals surface area contributed by atoms with Crippen LogP contribution in [0.25, 0.3) is 0 Å². The second kappa shape index (κ2) is 8.42. The van der Waals surface area contributed by atoms with Crippen molar-refractivity contribution in [3.63, 3.8) is 0 Å². The van der Waals surface area contributed by atoms with Gasteiger partial charge in [-0.3, -0.25) is 19.6 Å². The predicted molar refractivity (Wildman–Crippen MR) is 104 cm³/mol. The number of hydrogen-bond donors (Lipinski definition) is 2. The summed E-state index contributed by atoms with van der Waals surface area (Å²) in [4.78, 5) is 33.0. The van der Waals surface area contributed by atoms with Crippen LogP contribution in [0.15, 0.2) is 60.9 Å². The molecule has 0 unspecified atom stereocenters. The summed E-state index contributed by atoms with van der Waals surface area (Å²) in [5, 5.41) is 6.15. The molecule has 1 aromatic carbocycles. The minimum atomic E-state index is -0.377. The predicted octanol–water partition coefficient (Wildman–Crippen LogP) is 3.62. The highest BCUT2D eigenvalue weighted by atomic mass is 35.5. The number of pyridine rings is 2. The van der Waals surface area contributed by atoms with Crippen molar-refractivity contribution in [3.8, 4) is 0 Å². The molecule has 136 valence electrons. The standard InChI is InChI=1S/C20H17ClN4O2/c1-13-10-15(21)5-6-17(13)25-19(26)14-7-9-23-18(11-14)20(27)24-12-16-4-2-3-8-22-16/h2-11H,12H2,1H3,(H,24,27)(H,25,26). The molecule has 0 saturated heterocycles. The van der Waals surface area contributed by atoms with Gasteiger partial charge in [0, 0.05) is 28.7 Å². The van der Waals surface area contributed by atoms with Gasteiger partial charge < -0.3 is 10.6 Å². The average molecular weight is 381 g/mol. The highest BCUT2D eigenvalue weighted by Crippen LogP contribution is 2.20. The quantitative estimate of drug-likeness (QED) is 0.708. The SMILES string of the molecule is Cc1cc(Cl)ccc1NC(=O)c1ccnc(C(=O)NCc2ccccn2)c1. The first-order valence-corrected chi connectivity index (χ1v) is 8.62. The van der Waals surface area contributed by atoms with Gasteiger partial charge in [0.15, 0.2) is 0 Å². The number of anilines is 1. The molecule has 0 fully saturated rings. The average Bonchev–Trinajstić information content (AvgIpc) is 2.69. The number of hydrogen-bond acceptors (Lipinski definition) is 4. The number of carbonyl (C=O) groups excluding carboxylic acids is 2. The van der Waals surface area contributed by atoms with E-state index in [2.05, 4.69) is 20.6 Å². The lowest BCUT2D eigenvalue weighted by Gasteiger charge is -2.09. The molecule has 3 rings (SSSR count). The van der Waals surface area contributed by atoms with E-state index in [4.69, 9.17) is 11.6 Å². The number of aromatic nitrogens is 2. The van der Waals surface area contributed by atoms with E-state index in [1.54, 1.807) is 36.5 Å². The summed E-state index contributed by atoms with van der Waals surface area (Å²) in [6.45, 7) is 2.13. The van der Waals surface area contributed by atoms with E-state index >= 15 is 0 Å². The van der Waals surface area contributed by atoms with Crippen LogP contribution in [-0.4, -0.2) is 21.8 Å². The summed E-state index contributed by atoms with van der Waals surface area (Å²) in [5.41, 5.74) is 2.73. The van der Waals surface area contributed by atoms with E-state index in [9.17, 15) is 9.59 Å². The van der Waals surface area contributed by atoms with Crippen LogP contribution in [-0.2, 0) is 6.54 Å². The lowest BCUT2D eigenvalue weighted by Crippen LogP contribution is -2.25. The minimum Gasteiger partial charge on any atom is -0.345 e. The van der Waals surface area contributed by atoms with Gasteiger partial charge in [0.1, 0.15) is 5.69 Å². The van der Waals surface area contributed by atoms with Crippen LogP contribution in [0.4, 0.5) is 5.69 Å². The number of rotatable bonds is 5. The highest BCUT2D eigenvalue weighted by Gasteiger charge is 2.13. The Balaban J connectivity index is 1.68. The van der Waals surface area contributed by atoms with E-state index in [0.717, 1.165) is 11.3 Å². The molecule has 2 aromatic heterocycles.